The second-order valence-electron chi connectivity index (χ2n) is 9.29. The number of carbonyl (C=O) groups is 1. The third-order valence-electron chi connectivity index (χ3n) is 8.04. The molecular formula is C20H28O3. The topological polar surface area (TPSA) is 49.8 Å². The number of aliphatic hydroxyl groups excluding tert-OH is 1. The number of rotatable bonds is 1. The predicted molar refractivity (Wildman–Crippen MR) is 88.9 cm³/mol. The summed E-state index contributed by atoms with van der Waals surface area (Å²) in [5, 5.41) is 11.1. The van der Waals surface area contributed by atoms with E-state index >= 15 is 0 Å². The molecule has 0 aromatic heterocycles. The molecule has 23 heavy (non-hydrogen) atoms. The van der Waals surface area contributed by atoms with Crippen LogP contribution in [-0.4, -0.2) is 28.2 Å². The summed E-state index contributed by atoms with van der Waals surface area (Å²) in [6.45, 7) is 12.4. The van der Waals surface area contributed by atoms with E-state index in [-0.39, 0.29) is 16.6 Å². The third-order valence-corrected chi connectivity index (χ3v) is 8.04. The summed E-state index contributed by atoms with van der Waals surface area (Å²) in [4.78, 5) is 12.5. The third kappa shape index (κ3) is 1.44. The van der Waals surface area contributed by atoms with Crippen molar-refractivity contribution in [1.29, 1.82) is 0 Å². The highest BCUT2D eigenvalue weighted by molar-refractivity contribution is 5.98. The Morgan fingerprint density at radius 3 is 2.65 bits per heavy atom. The molecule has 1 saturated heterocycles. The van der Waals surface area contributed by atoms with E-state index in [1.807, 2.05) is 26.0 Å². The molecule has 0 spiro atoms. The van der Waals surface area contributed by atoms with Gasteiger partial charge in [-0.05, 0) is 63.0 Å². The van der Waals surface area contributed by atoms with Gasteiger partial charge in [0.15, 0.2) is 5.78 Å². The molecule has 4 rings (SSSR count). The highest BCUT2D eigenvalue weighted by Gasteiger charge is 2.86. The molecule has 126 valence electrons. The molecule has 1 N–H and O–H groups in total. The lowest BCUT2D eigenvalue weighted by Crippen LogP contribution is -2.64. The summed E-state index contributed by atoms with van der Waals surface area (Å²) in [7, 11) is 0. The zero-order valence-electron chi connectivity index (χ0n) is 14.7. The number of fused-ring (bicyclic) bond motifs is 1. The van der Waals surface area contributed by atoms with Gasteiger partial charge in [-0.25, -0.2) is 0 Å². The summed E-state index contributed by atoms with van der Waals surface area (Å²) in [5.74, 6) is 0.535. The first-order valence-electron chi connectivity index (χ1n) is 8.84. The van der Waals surface area contributed by atoms with E-state index in [0.29, 0.717) is 12.3 Å². The summed E-state index contributed by atoms with van der Waals surface area (Å²) >= 11 is 0. The van der Waals surface area contributed by atoms with Gasteiger partial charge >= 0.3 is 0 Å². The SMILES string of the molecule is C=C[C@]1(C)CC2CC[C@]34O[C@]3(C=CC(=O)C4(C)C)[C@]2(C)[C@@H](O)C1. The maximum Gasteiger partial charge on any atom is 0.164 e. The minimum atomic E-state index is -0.519. The molecule has 0 aromatic carbocycles. The first kappa shape index (κ1) is 15.6. The number of aliphatic hydroxyl groups is 1. The van der Waals surface area contributed by atoms with E-state index < -0.39 is 22.7 Å². The van der Waals surface area contributed by atoms with Crippen LogP contribution >= 0.6 is 0 Å². The fourth-order valence-corrected chi connectivity index (χ4v) is 6.16. The van der Waals surface area contributed by atoms with Gasteiger partial charge in [0.25, 0.3) is 0 Å². The van der Waals surface area contributed by atoms with Gasteiger partial charge in [-0.2, -0.15) is 0 Å². The van der Waals surface area contributed by atoms with Crippen molar-refractivity contribution in [2.75, 3.05) is 0 Å². The van der Waals surface area contributed by atoms with Crippen LogP contribution in [0.15, 0.2) is 24.8 Å². The summed E-state index contributed by atoms with van der Waals surface area (Å²) in [5.41, 5.74) is -1.78. The van der Waals surface area contributed by atoms with Crippen molar-refractivity contribution >= 4 is 5.78 Å². The first-order chi connectivity index (χ1) is 10.6. The zero-order chi connectivity index (χ0) is 16.9. The van der Waals surface area contributed by atoms with Crippen molar-refractivity contribution in [3.63, 3.8) is 0 Å². The molecule has 1 aliphatic heterocycles. The van der Waals surface area contributed by atoms with Crippen molar-refractivity contribution in [3.05, 3.63) is 24.8 Å². The van der Waals surface area contributed by atoms with E-state index in [1.165, 1.54) is 0 Å². The molecule has 4 aliphatic rings. The number of ether oxygens (including phenoxy) is 1. The van der Waals surface area contributed by atoms with Crippen LogP contribution in [0, 0.1) is 22.2 Å². The van der Waals surface area contributed by atoms with E-state index in [0.717, 1.165) is 19.3 Å². The fourth-order valence-electron chi connectivity index (χ4n) is 6.16. The summed E-state index contributed by atoms with van der Waals surface area (Å²) < 4.78 is 6.45. The smallest absolute Gasteiger partial charge is 0.164 e. The molecule has 0 bridgehead atoms. The number of allylic oxidation sites excluding steroid dienone is 2. The second kappa shape index (κ2) is 4.00. The number of ketones is 1. The van der Waals surface area contributed by atoms with Gasteiger partial charge < -0.3 is 9.84 Å². The molecule has 3 aliphatic carbocycles. The average Bonchev–Trinajstić information content (AvgIpc) is 3.19. The lowest BCUT2D eigenvalue weighted by molar-refractivity contribution is -0.135. The normalized spacial score (nSPS) is 56.3. The van der Waals surface area contributed by atoms with Crippen LogP contribution in [0.2, 0.25) is 0 Å². The van der Waals surface area contributed by atoms with Gasteiger partial charge in [-0.1, -0.05) is 19.9 Å². The molecule has 3 fully saturated rings. The van der Waals surface area contributed by atoms with Crippen molar-refractivity contribution in [2.45, 2.75) is 70.7 Å². The molecular weight excluding hydrogens is 288 g/mol. The molecule has 1 unspecified atom stereocenters. The quantitative estimate of drug-likeness (QED) is 0.595. The lowest BCUT2D eigenvalue weighted by atomic mass is 9.44. The Balaban J connectivity index is 1.83. The predicted octanol–water partition coefficient (Wildman–Crippen LogP) is 3.42. The van der Waals surface area contributed by atoms with Crippen molar-refractivity contribution < 1.29 is 14.6 Å². The molecule has 3 nitrogen and oxygen atoms in total. The zero-order valence-corrected chi connectivity index (χ0v) is 14.7. The van der Waals surface area contributed by atoms with E-state index in [9.17, 15) is 9.90 Å². The Hall–Kier alpha value is -0.930. The Morgan fingerprint density at radius 1 is 1.30 bits per heavy atom. The van der Waals surface area contributed by atoms with E-state index in [1.54, 1.807) is 6.08 Å². The van der Waals surface area contributed by atoms with Crippen LogP contribution in [-0.2, 0) is 9.53 Å². The van der Waals surface area contributed by atoms with Crippen molar-refractivity contribution in [1.82, 2.24) is 0 Å². The lowest BCUT2D eigenvalue weighted by Gasteiger charge is -2.58. The number of epoxide rings is 1. The molecule has 0 aromatic rings. The monoisotopic (exact) mass is 316 g/mol. The maximum atomic E-state index is 12.5. The largest absolute Gasteiger partial charge is 0.392 e. The Kier molecular flexibility index (Phi) is 2.71. The first-order valence-corrected chi connectivity index (χ1v) is 8.84. The van der Waals surface area contributed by atoms with Gasteiger partial charge in [-0.15, -0.1) is 6.58 Å². The number of hydrogen-bond donors (Lipinski definition) is 1. The van der Waals surface area contributed by atoms with Crippen LogP contribution < -0.4 is 0 Å². The molecule has 2 saturated carbocycles. The van der Waals surface area contributed by atoms with Crippen LogP contribution in [0.25, 0.3) is 0 Å². The van der Waals surface area contributed by atoms with Crippen LogP contribution in [0.3, 0.4) is 0 Å². The van der Waals surface area contributed by atoms with E-state index in [4.69, 9.17) is 4.74 Å². The summed E-state index contributed by atoms with van der Waals surface area (Å²) in [6, 6.07) is 0. The van der Waals surface area contributed by atoms with E-state index in [2.05, 4.69) is 20.4 Å². The molecule has 6 atom stereocenters. The molecule has 0 radical (unpaired) electrons. The second-order valence-corrected chi connectivity index (χ2v) is 9.29. The molecule has 3 heteroatoms. The van der Waals surface area contributed by atoms with Crippen LogP contribution in [0.5, 0.6) is 0 Å². The van der Waals surface area contributed by atoms with Gasteiger partial charge in [0.2, 0.25) is 0 Å². The summed E-state index contributed by atoms with van der Waals surface area (Å²) in [6.07, 6.45) is 8.90. The minimum absolute atomic E-state index is 0.0150. The Bertz CT molecular complexity index is 635. The van der Waals surface area contributed by atoms with Crippen LogP contribution in [0.4, 0.5) is 0 Å². The van der Waals surface area contributed by atoms with Gasteiger partial charge in [-0.3, -0.25) is 4.79 Å². The highest BCUT2D eigenvalue weighted by atomic mass is 16.6. The van der Waals surface area contributed by atoms with Gasteiger partial charge in [0.1, 0.15) is 11.2 Å². The average molecular weight is 316 g/mol. The minimum Gasteiger partial charge on any atom is -0.392 e. The Morgan fingerprint density at radius 2 is 2.00 bits per heavy atom. The standard InChI is InChI=1S/C20H28O3/c1-6-17(4)11-13-7-9-19-16(2,3)14(21)8-10-20(19,23-19)18(13,5)15(22)12-17/h6,8,10,13,15,22H,1,7,9,11-12H2,2-5H3/t13?,15-,17+,18-,19+,20+/m0/s1. The maximum absolute atomic E-state index is 12.5. The molecule has 0 amide bonds. The number of hydrogen-bond acceptors (Lipinski definition) is 3. The van der Waals surface area contributed by atoms with Crippen LogP contribution in [0.1, 0.15) is 53.4 Å². The Labute approximate surface area is 138 Å². The highest BCUT2D eigenvalue weighted by Crippen LogP contribution is 2.77. The fraction of sp³-hybridized carbons (Fsp3) is 0.750. The van der Waals surface area contributed by atoms with Crippen molar-refractivity contribution in [2.24, 2.45) is 22.2 Å². The van der Waals surface area contributed by atoms with Crippen molar-refractivity contribution in [3.8, 4) is 0 Å². The van der Waals surface area contributed by atoms with Gasteiger partial charge in [0.05, 0.1) is 11.5 Å². The van der Waals surface area contributed by atoms with Gasteiger partial charge in [0, 0.05) is 5.41 Å². The molecule has 1 heterocycles. The number of carbonyl (C=O) groups excluding carboxylic acids is 1.